The highest BCUT2D eigenvalue weighted by Crippen LogP contribution is 2.16. The molecule has 1 aliphatic rings. The Bertz CT molecular complexity index is 416. The molecule has 1 atom stereocenters. The molecule has 1 aromatic rings. The summed E-state index contributed by atoms with van der Waals surface area (Å²) in [5.41, 5.74) is 11.4. The molecule has 0 saturated carbocycles. The number of rotatable bonds is 4. The van der Waals surface area contributed by atoms with Gasteiger partial charge in [-0.25, -0.2) is 4.98 Å². The Morgan fingerprint density at radius 1 is 1.65 bits per heavy atom. The summed E-state index contributed by atoms with van der Waals surface area (Å²) in [5, 5.41) is 3.11. The minimum Gasteiger partial charge on any atom is -0.397 e. The number of hydrogen-bond acceptors (Lipinski definition) is 5. The van der Waals surface area contributed by atoms with Gasteiger partial charge in [0.2, 0.25) is 0 Å². The summed E-state index contributed by atoms with van der Waals surface area (Å²) in [6.07, 6.45) is 3.78. The molecule has 1 unspecified atom stereocenters. The summed E-state index contributed by atoms with van der Waals surface area (Å²) in [7, 11) is 0. The molecule has 6 heteroatoms. The van der Waals surface area contributed by atoms with E-state index in [1.165, 1.54) is 6.20 Å². The molecular weight excluding hydrogens is 220 g/mol. The Balaban J connectivity index is 2.00. The molecule has 0 bridgehead atoms. The molecule has 17 heavy (non-hydrogen) atoms. The maximum Gasteiger partial charge on any atom is 0.250 e. The third kappa shape index (κ3) is 2.85. The van der Waals surface area contributed by atoms with Crippen molar-refractivity contribution in [3.05, 3.63) is 17.8 Å². The summed E-state index contributed by atoms with van der Waals surface area (Å²) in [5.74, 6) is 0.0357. The van der Waals surface area contributed by atoms with Gasteiger partial charge in [0.15, 0.2) is 0 Å². The third-order valence-corrected chi connectivity index (χ3v) is 2.74. The molecule has 0 spiro atoms. The fourth-order valence-electron chi connectivity index (χ4n) is 1.80. The number of nitrogens with one attached hydrogen (secondary N) is 1. The van der Waals surface area contributed by atoms with Crippen LogP contribution in [0.2, 0.25) is 0 Å². The van der Waals surface area contributed by atoms with Gasteiger partial charge in [0.25, 0.3) is 5.91 Å². The first-order valence-corrected chi connectivity index (χ1v) is 5.57. The number of primary amides is 1. The minimum absolute atomic E-state index is 0.214. The molecule has 0 aromatic carbocycles. The maximum atomic E-state index is 11.1. The number of aromatic nitrogens is 1. The average Bonchev–Trinajstić information content (AvgIpc) is 2.80. The second-order valence-electron chi connectivity index (χ2n) is 4.04. The van der Waals surface area contributed by atoms with E-state index >= 15 is 0 Å². The van der Waals surface area contributed by atoms with Crippen LogP contribution in [-0.4, -0.2) is 30.1 Å². The van der Waals surface area contributed by atoms with E-state index in [9.17, 15) is 4.79 Å². The largest absolute Gasteiger partial charge is 0.397 e. The van der Waals surface area contributed by atoms with Crippen molar-refractivity contribution >= 4 is 17.4 Å². The molecule has 5 N–H and O–H groups in total. The molecule has 2 heterocycles. The van der Waals surface area contributed by atoms with Gasteiger partial charge in [-0.3, -0.25) is 4.79 Å². The van der Waals surface area contributed by atoms with Crippen LogP contribution in [0.15, 0.2) is 12.3 Å². The van der Waals surface area contributed by atoms with Gasteiger partial charge in [0.1, 0.15) is 5.82 Å². The lowest BCUT2D eigenvalue weighted by Gasteiger charge is -2.12. The van der Waals surface area contributed by atoms with Crippen LogP contribution in [0.25, 0.3) is 0 Å². The molecule has 1 fully saturated rings. The molecular formula is C11H16N4O2. The molecule has 1 amide bonds. The van der Waals surface area contributed by atoms with Crippen molar-refractivity contribution in [3.63, 3.8) is 0 Å². The number of ether oxygens (including phenoxy) is 1. The Morgan fingerprint density at radius 2 is 2.47 bits per heavy atom. The van der Waals surface area contributed by atoms with Gasteiger partial charge in [-0.2, -0.15) is 0 Å². The van der Waals surface area contributed by atoms with E-state index < -0.39 is 5.91 Å². The van der Waals surface area contributed by atoms with Crippen LogP contribution in [0.5, 0.6) is 0 Å². The quantitative estimate of drug-likeness (QED) is 0.700. The van der Waals surface area contributed by atoms with Crippen LogP contribution in [0.1, 0.15) is 23.2 Å². The molecule has 1 aromatic heterocycles. The van der Waals surface area contributed by atoms with Gasteiger partial charge in [-0.15, -0.1) is 0 Å². The number of carbonyl (C=O) groups excluding carboxylic acids is 1. The Morgan fingerprint density at radius 3 is 3.12 bits per heavy atom. The second-order valence-corrected chi connectivity index (χ2v) is 4.04. The molecule has 6 nitrogen and oxygen atoms in total. The lowest BCUT2D eigenvalue weighted by molar-refractivity contribution is 0.100. The van der Waals surface area contributed by atoms with Crippen molar-refractivity contribution < 1.29 is 9.53 Å². The molecule has 2 rings (SSSR count). The predicted molar refractivity (Wildman–Crippen MR) is 64.6 cm³/mol. The van der Waals surface area contributed by atoms with Gasteiger partial charge in [-0.1, -0.05) is 0 Å². The van der Waals surface area contributed by atoms with Crippen molar-refractivity contribution in [1.29, 1.82) is 0 Å². The normalized spacial score (nSPS) is 19.2. The van der Waals surface area contributed by atoms with Crippen LogP contribution in [0.4, 0.5) is 11.5 Å². The molecule has 92 valence electrons. The average molecular weight is 236 g/mol. The summed E-state index contributed by atoms with van der Waals surface area (Å²) in [6.45, 7) is 1.49. The van der Waals surface area contributed by atoms with Gasteiger partial charge in [0.05, 0.1) is 23.6 Å². The van der Waals surface area contributed by atoms with Crippen LogP contribution < -0.4 is 16.8 Å². The number of nitrogens with zero attached hydrogens (tertiary/aromatic N) is 1. The highest BCUT2D eigenvalue weighted by molar-refractivity contribution is 5.98. The number of anilines is 2. The number of nitrogens with two attached hydrogens (primary N) is 2. The molecule has 0 radical (unpaired) electrons. The fourth-order valence-corrected chi connectivity index (χ4v) is 1.80. The Hall–Kier alpha value is -1.82. The van der Waals surface area contributed by atoms with E-state index in [2.05, 4.69) is 10.3 Å². The van der Waals surface area contributed by atoms with E-state index in [1.54, 1.807) is 6.07 Å². The van der Waals surface area contributed by atoms with Crippen LogP contribution >= 0.6 is 0 Å². The Labute approximate surface area is 99.3 Å². The van der Waals surface area contributed by atoms with Crippen molar-refractivity contribution in [2.45, 2.75) is 18.9 Å². The highest BCUT2D eigenvalue weighted by Gasteiger charge is 2.15. The molecule has 1 saturated heterocycles. The van der Waals surface area contributed by atoms with Crippen molar-refractivity contribution in [1.82, 2.24) is 4.98 Å². The number of pyridine rings is 1. The van der Waals surface area contributed by atoms with Crippen LogP contribution in [0.3, 0.4) is 0 Å². The minimum atomic E-state index is -0.551. The predicted octanol–water partition coefficient (Wildman–Crippen LogP) is 0.354. The van der Waals surface area contributed by atoms with E-state index in [1.807, 2.05) is 0 Å². The Kier molecular flexibility index (Phi) is 3.43. The summed E-state index contributed by atoms with van der Waals surface area (Å²) in [6, 6.07) is 1.56. The number of hydrogen-bond donors (Lipinski definition) is 3. The standard InChI is InChI=1S/C11H16N4O2/c12-9-6-15-10(4-8(9)11(13)16)14-5-7-2-1-3-17-7/h4,6-7H,1-3,5,12H2,(H2,13,16)(H,14,15). The van der Waals surface area contributed by atoms with Crippen LogP contribution in [0, 0.1) is 0 Å². The van der Waals surface area contributed by atoms with Crippen LogP contribution in [-0.2, 0) is 4.74 Å². The first kappa shape index (κ1) is 11.7. The van der Waals surface area contributed by atoms with Gasteiger partial charge in [0, 0.05) is 13.2 Å². The summed E-state index contributed by atoms with van der Waals surface area (Å²) >= 11 is 0. The van der Waals surface area contributed by atoms with Crippen molar-refractivity contribution in [3.8, 4) is 0 Å². The van der Waals surface area contributed by atoms with E-state index in [-0.39, 0.29) is 11.7 Å². The zero-order chi connectivity index (χ0) is 12.3. The van der Waals surface area contributed by atoms with E-state index in [0.717, 1.165) is 19.4 Å². The highest BCUT2D eigenvalue weighted by atomic mass is 16.5. The summed E-state index contributed by atoms with van der Waals surface area (Å²) < 4.78 is 5.47. The first-order chi connectivity index (χ1) is 8.16. The zero-order valence-corrected chi connectivity index (χ0v) is 9.48. The molecule has 0 aliphatic carbocycles. The topological polar surface area (TPSA) is 103 Å². The third-order valence-electron chi connectivity index (χ3n) is 2.74. The van der Waals surface area contributed by atoms with E-state index in [4.69, 9.17) is 16.2 Å². The SMILES string of the molecule is NC(=O)c1cc(NCC2CCCO2)ncc1N. The maximum absolute atomic E-state index is 11.1. The van der Waals surface area contributed by atoms with Crippen molar-refractivity contribution in [2.24, 2.45) is 5.73 Å². The zero-order valence-electron chi connectivity index (χ0n) is 9.48. The monoisotopic (exact) mass is 236 g/mol. The lowest BCUT2D eigenvalue weighted by Crippen LogP contribution is -2.20. The lowest BCUT2D eigenvalue weighted by atomic mass is 10.2. The van der Waals surface area contributed by atoms with Crippen molar-refractivity contribution in [2.75, 3.05) is 24.2 Å². The number of nitrogen functional groups attached to an aromatic ring is 1. The van der Waals surface area contributed by atoms with Gasteiger partial charge >= 0.3 is 0 Å². The summed E-state index contributed by atoms with van der Waals surface area (Å²) in [4.78, 5) is 15.2. The van der Waals surface area contributed by atoms with E-state index in [0.29, 0.717) is 18.1 Å². The smallest absolute Gasteiger partial charge is 0.250 e. The first-order valence-electron chi connectivity index (χ1n) is 5.57. The van der Waals surface area contributed by atoms with Gasteiger partial charge in [-0.05, 0) is 18.9 Å². The van der Waals surface area contributed by atoms with Gasteiger partial charge < -0.3 is 21.5 Å². The number of amides is 1. The molecule has 1 aliphatic heterocycles. The number of carbonyl (C=O) groups is 1. The fraction of sp³-hybridized carbons (Fsp3) is 0.455. The second kappa shape index (κ2) is 5.01.